The lowest BCUT2D eigenvalue weighted by atomic mass is 9.98. The van der Waals surface area contributed by atoms with Crippen LogP contribution in [0.25, 0.3) is 0 Å². The third-order valence-electron chi connectivity index (χ3n) is 4.36. The van der Waals surface area contributed by atoms with Crippen LogP contribution in [0.5, 0.6) is 0 Å². The van der Waals surface area contributed by atoms with Gasteiger partial charge in [-0.25, -0.2) is 12.7 Å². The Morgan fingerprint density at radius 3 is 2.48 bits per heavy atom. The molecule has 0 radical (unpaired) electrons. The molecule has 0 spiro atoms. The smallest absolute Gasteiger partial charge is 0.271 e. The number of amides is 1. The lowest BCUT2D eigenvalue weighted by Crippen LogP contribution is -2.46. The lowest BCUT2D eigenvalue weighted by Gasteiger charge is -2.36. The van der Waals surface area contributed by atoms with Crippen LogP contribution in [-0.4, -0.2) is 66.1 Å². The van der Waals surface area contributed by atoms with Gasteiger partial charge in [-0.1, -0.05) is 18.3 Å². The fourth-order valence-electron chi connectivity index (χ4n) is 2.35. The molecular formula is C13H23N5O3S2. The minimum atomic E-state index is -3.64. The van der Waals surface area contributed by atoms with Gasteiger partial charge in [0.2, 0.25) is 15.4 Å². The second-order valence-corrected chi connectivity index (χ2v) is 9.64. The largest absolute Gasteiger partial charge is 0.273 e. The van der Waals surface area contributed by atoms with E-state index in [2.05, 4.69) is 35.9 Å². The molecule has 2 heterocycles. The van der Waals surface area contributed by atoms with Gasteiger partial charge in [-0.15, -0.1) is 10.2 Å². The number of nitrogens with zero attached hydrogens (tertiary/aromatic N) is 5. The predicted octanol–water partition coefficient (Wildman–Crippen LogP) is 0.972. The van der Waals surface area contributed by atoms with Crippen molar-refractivity contribution < 1.29 is 13.2 Å². The summed E-state index contributed by atoms with van der Waals surface area (Å²) in [5.41, 5.74) is -0.132. The van der Waals surface area contributed by atoms with Crippen LogP contribution in [0.15, 0.2) is 4.34 Å². The molecule has 10 heteroatoms. The van der Waals surface area contributed by atoms with E-state index in [4.69, 9.17) is 0 Å². The Hall–Kier alpha value is -1.10. The van der Waals surface area contributed by atoms with Gasteiger partial charge in [0.1, 0.15) is 0 Å². The second-order valence-electron chi connectivity index (χ2n) is 6.36. The Kier molecular flexibility index (Phi) is 4.82. The van der Waals surface area contributed by atoms with Crippen molar-refractivity contribution in [3.8, 4) is 0 Å². The fourth-order valence-corrected chi connectivity index (χ4v) is 4.47. The summed E-state index contributed by atoms with van der Waals surface area (Å²) in [6, 6.07) is -0.275. The van der Waals surface area contributed by atoms with Gasteiger partial charge in [-0.2, -0.15) is 0 Å². The van der Waals surface area contributed by atoms with Crippen molar-refractivity contribution in [1.29, 1.82) is 0 Å². The molecule has 8 nitrogen and oxygen atoms in total. The number of hydrogen-bond donors (Lipinski definition) is 0. The van der Waals surface area contributed by atoms with Gasteiger partial charge >= 0.3 is 0 Å². The molecule has 1 aliphatic heterocycles. The molecule has 1 aromatic rings. The maximum Gasteiger partial charge on any atom is 0.271 e. The van der Waals surface area contributed by atoms with Crippen molar-refractivity contribution >= 4 is 32.4 Å². The highest BCUT2D eigenvalue weighted by Crippen LogP contribution is 2.33. The van der Waals surface area contributed by atoms with E-state index in [1.807, 2.05) is 6.92 Å². The van der Waals surface area contributed by atoms with Crippen LogP contribution < -0.4 is 4.90 Å². The summed E-state index contributed by atoms with van der Waals surface area (Å²) in [5, 5.41) is 7.98. The van der Waals surface area contributed by atoms with Gasteiger partial charge in [0, 0.05) is 19.6 Å². The molecule has 1 atom stereocenters. The Morgan fingerprint density at radius 2 is 1.96 bits per heavy atom. The number of rotatable bonds is 5. The molecule has 1 unspecified atom stereocenters. The number of anilines is 1. The Morgan fingerprint density at radius 1 is 1.35 bits per heavy atom. The second kappa shape index (κ2) is 6.08. The Labute approximate surface area is 141 Å². The molecule has 1 aromatic heterocycles. The van der Waals surface area contributed by atoms with Crippen molar-refractivity contribution in [3.63, 3.8) is 0 Å². The van der Waals surface area contributed by atoms with E-state index in [0.717, 1.165) is 22.1 Å². The van der Waals surface area contributed by atoms with Crippen LogP contribution in [0.1, 0.15) is 34.1 Å². The van der Waals surface area contributed by atoms with Crippen molar-refractivity contribution in [3.05, 3.63) is 0 Å². The topological polar surface area (TPSA) is 86.7 Å². The minimum absolute atomic E-state index is 0.0866. The number of hydrogen-bond acceptors (Lipinski definition) is 7. The number of sulfonamides is 1. The number of aromatic nitrogens is 2. The summed E-state index contributed by atoms with van der Waals surface area (Å²) in [6.07, 6.45) is 0.898. The SMILES string of the molecule is CCC(C)(C)N1CN(c2nnc(S(=O)(=O)N(C)C)s2)C(=O)C1C. The predicted molar refractivity (Wildman–Crippen MR) is 88.8 cm³/mol. The first-order valence-electron chi connectivity index (χ1n) is 7.36. The zero-order valence-electron chi connectivity index (χ0n) is 14.3. The van der Waals surface area contributed by atoms with Crippen molar-refractivity contribution in [2.24, 2.45) is 0 Å². The van der Waals surface area contributed by atoms with Gasteiger partial charge in [-0.05, 0) is 27.2 Å². The summed E-state index contributed by atoms with van der Waals surface area (Å²) in [7, 11) is -0.766. The average Bonchev–Trinajstić information content (AvgIpc) is 3.06. The number of carbonyl (C=O) groups is 1. The molecule has 0 saturated carbocycles. The van der Waals surface area contributed by atoms with Gasteiger partial charge in [0.05, 0.1) is 12.7 Å². The van der Waals surface area contributed by atoms with Crippen LogP contribution in [-0.2, 0) is 14.8 Å². The summed E-state index contributed by atoms with van der Waals surface area (Å²) in [6.45, 7) is 8.49. The van der Waals surface area contributed by atoms with E-state index in [1.54, 1.807) is 0 Å². The van der Waals surface area contributed by atoms with E-state index in [1.165, 1.54) is 19.0 Å². The minimum Gasteiger partial charge on any atom is -0.273 e. The standard InChI is InChI=1S/C13H23N5O3S2/c1-7-13(3,4)18-8-17(10(19)9(18)2)11-14-15-12(22-11)23(20,21)16(5)6/h9H,7-8H2,1-6H3. The van der Waals surface area contributed by atoms with E-state index in [9.17, 15) is 13.2 Å². The summed E-state index contributed by atoms with van der Waals surface area (Å²) < 4.78 is 25.2. The van der Waals surface area contributed by atoms with Crippen molar-refractivity contribution in [2.75, 3.05) is 25.7 Å². The molecule has 0 aromatic carbocycles. The first-order valence-corrected chi connectivity index (χ1v) is 9.62. The van der Waals surface area contributed by atoms with E-state index in [0.29, 0.717) is 11.8 Å². The third kappa shape index (κ3) is 3.12. The fraction of sp³-hybridized carbons (Fsp3) is 0.769. The highest BCUT2D eigenvalue weighted by molar-refractivity contribution is 7.91. The van der Waals surface area contributed by atoms with Gasteiger partial charge < -0.3 is 0 Å². The van der Waals surface area contributed by atoms with Crippen LogP contribution in [0, 0.1) is 0 Å². The van der Waals surface area contributed by atoms with Gasteiger partial charge in [0.15, 0.2) is 0 Å². The monoisotopic (exact) mass is 361 g/mol. The molecule has 0 bridgehead atoms. The molecule has 1 aliphatic rings. The number of carbonyl (C=O) groups excluding carboxylic acids is 1. The Balaban J connectivity index is 2.31. The first-order chi connectivity index (χ1) is 10.5. The van der Waals surface area contributed by atoms with E-state index < -0.39 is 10.0 Å². The molecule has 1 saturated heterocycles. The van der Waals surface area contributed by atoms with Crippen LogP contribution >= 0.6 is 11.3 Å². The van der Waals surface area contributed by atoms with Crippen LogP contribution in [0.4, 0.5) is 5.13 Å². The van der Waals surface area contributed by atoms with E-state index in [-0.39, 0.29) is 21.8 Å². The van der Waals surface area contributed by atoms with Crippen LogP contribution in [0.2, 0.25) is 0 Å². The third-order valence-corrected chi connectivity index (χ3v) is 7.46. The molecule has 0 aliphatic carbocycles. The zero-order valence-corrected chi connectivity index (χ0v) is 15.9. The summed E-state index contributed by atoms with van der Waals surface area (Å²) >= 11 is 0.918. The molecular weight excluding hydrogens is 338 g/mol. The zero-order chi connectivity index (χ0) is 17.6. The Bertz CT molecular complexity index is 698. The lowest BCUT2D eigenvalue weighted by molar-refractivity contribution is -0.120. The maximum atomic E-state index is 12.5. The quantitative estimate of drug-likeness (QED) is 0.727. The highest BCUT2D eigenvalue weighted by Gasteiger charge is 2.43. The van der Waals surface area contributed by atoms with Gasteiger partial charge in [-0.3, -0.25) is 14.6 Å². The summed E-state index contributed by atoms with van der Waals surface area (Å²) in [4.78, 5) is 16.1. The molecule has 1 fully saturated rings. The molecule has 1 amide bonds. The van der Waals surface area contributed by atoms with E-state index >= 15 is 0 Å². The van der Waals surface area contributed by atoms with Gasteiger partial charge in [0.25, 0.3) is 10.0 Å². The molecule has 2 rings (SSSR count). The summed E-state index contributed by atoms with van der Waals surface area (Å²) in [5.74, 6) is -0.0866. The van der Waals surface area contributed by atoms with Crippen molar-refractivity contribution in [1.82, 2.24) is 19.4 Å². The van der Waals surface area contributed by atoms with Crippen molar-refractivity contribution in [2.45, 2.75) is 50.0 Å². The molecule has 130 valence electrons. The highest BCUT2D eigenvalue weighted by atomic mass is 32.2. The normalized spacial score (nSPS) is 20.7. The molecule has 23 heavy (non-hydrogen) atoms. The first kappa shape index (κ1) is 18.2. The van der Waals surface area contributed by atoms with Crippen LogP contribution in [0.3, 0.4) is 0 Å². The average molecular weight is 361 g/mol. The molecule has 0 N–H and O–H groups in total. The maximum absolute atomic E-state index is 12.5.